The molecule has 23 heavy (non-hydrogen) atoms. The summed E-state index contributed by atoms with van der Waals surface area (Å²) in [5, 5.41) is 19.7. The van der Waals surface area contributed by atoms with Crippen LogP contribution in [0.5, 0.6) is 5.75 Å². The van der Waals surface area contributed by atoms with Gasteiger partial charge < -0.3 is 14.9 Å². The second-order valence-electron chi connectivity index (χ2n) is 6.35. The van der Waals surface area contributed by atoms with Gasteiger partial charge in [-0.05, 0) is 29.7 Å². The molecule has 2 heterocycles. The zero-order valence-corrected chi connectivity index (χ0v) is 13.5. The highest BCUT2D eigenvalue weighted by molar-refractivity contribution is 5.67. The molecule has 0 saturated carbocycles. The average Bonchev–Trinajstić information content (AvgIpc) is 2.57. The lowest BCUT2D eigenvalue weighted by Crippen LogP contribution is -2.45. The fourth-order valence-corrected chi connectivity index (χ4v) is 3.25. The van der Waals surface area contributed by atoms with Crippen molar-refractivity contribution in [3.8, 4) is 5.75 Å². The monoisotopic (exact) mass is 318 g/mol. The number of hydrogen-bond acceptors (Lipinski definition) is 5. The lowest BCUT2D eigenvalue weighted by molar-refractivity contribution is 0.00768. The highest BCUT2D eigenvalue weighted by atomic mass is 16.5. The number of aliphatic hydroxyl groups excluding tert-OH is 1. The number of rotatable bonds is 5. The third-order valence-electron chi connectivity index (χ3n) is 4.57. The van der Waals surface area contributed by atoms with Crippen molar-refractivity contribution >= 4 is 5.57 Å². The van der Waals surface area contributed by atoms with Crippen molar-refractivity contribution < 1.29 is 14.9 Å². The zero-order valence-electron chi connectivity index (χ0n) is 13.5. The maximum absolute atomic E-state index is 10.3. The van der Waals surface area contributed by atoms with Crippen LogP contribution in [0.3, 0.4) is 0 Å². The molecule has 3 rings (SSSR count). The van der Waals surface area contributed by atoms with Crippen LogP contribution in [0.15, 0.2) is 30.3 Å². The van der Waals surface area contributed by atoms with Gasteiger partial charge in [0.05, 0.1) is 19.3 Å². The number of aromatic hydroxyl groups is 1. The van der Waals surface area contributed by atoms with E-state index in [1.165, 1.54) is 11.1 Å². The third kappa shape index (κ3) is 4.78. The van der Waals surface area contributed by atoms with E-state index in [0.717, 1.165) is 58.9 Å². The van der Waals surface area contributed by atoms with Crippen LogP contribution in [0.2, 0.25) is 0 Å². The van der Waals surface area contributed by atoms with E-state index in [1.807, 2.05) is 12.1 Å². The number of phenols is 1. The second kappa shape index (κ2) is 7.93. The molecule has 1 saturated heterocycles. The highest BCUT2D eigenvalue weighted by Gasteiger charge is 2.19. The van der Waals surface area contributed by atoms with Crippen LogP contribution in [0.25, 0.3) is 5.57 Å². The van der Waals surface area contributed by atoms with E-state index in [4.69, 9.17) is 4.74 Å². The Labute approximate surface area is 137 Å². The fourth-order valence-electron chi connectivity index (χ4n) is 3.25. The van der Waals surface area contributed by atoms with Crippen LogP contribution >= 0.6 is 0 Å². The van der Waals surface area contributed by atoms with Gasteiger partial charge in [-0.1, -0.05) is 18.2 Å². The summed E-state index contributed by atoms with van der Waals surface area (Å²) in [5.74, 6) is 0.304. The fraction of sp³-hybridized carbons (Fsp3) is 0.556. The summed E-state index contributed by atoms with van der Waals surface area (Å²) in [6, 6.07) is 7.39. The van der Waals surface area contributed by atoms with Crippen molar-refractivity contribution in [3.05, 3.63) is 35.9 Å². The lowest BCUT2D eigenvalue weighted by atomic mass is 9.99. The minimum atomic E-state index is -0.309. The summed E-state index contributed by atoms with van der Waals surface area (Å²) in [4.78, 5) is 4.57. The molecule has 0 aliphatic carbocycles. The predicted molar refractivity (Wildman–Crippen MR) is 90.4 cm³/mol. The van der Waals surface area contributed by atoms with Crippen LogP contribution in [0.4, 0.5) is 0 Å². The van der Waals surface area contributed by atoms with E-state index in [9.17, 15) is 10.2 Å². The van der Waals surface area contributed by atoms with Gasteiger partial charge in [-0.15, -0.1) is 0 Å². The van der Waals surface area contributed by atoms with Gasteiger partial charge in [-0.25, -0.2) is 0 Å². The Bertz CT molecular complexity index is 524. The first-order valence-electron chi connectivity index (χ1n) is 8.39. The summed E-state index contributed by atoms with van der Waals surface area (Å²) in [6.45, 7) is 6.67. The Hall–Kier alpha value is -1.40. The zero-order chi connectivity index (χ0) is 16.1. The molecule has 0 amide bonds. The molecule has 0 aromatic heterocycles. The smallest absolute Gasteiger partial charge is 0.115 e. The predicted octanol–water partition coefficient (Wildman–Crippen LogP) is 1.17. The topological polar surface area (TPSA) is 56.2 Å². The van der Waals surface area contributed by atoms with Crippen molar-refractivity contribution in [2.45, 2.75) is 12.5 Å². The molecule has 1 aromatic rings. The van der Waals surface area contributed by atoms with Crippen LogP contribution < -0.4 is 0 Å². The van der Waals surface area contributed by atoms with Crippen molar-refractivity contribution in [1.82, 2.24) is 9.80 Å². The molecule has 1 fully saturated rings. The largest absolute Gasteiger partial charge is 0.508 e. The molecule has 2 aliphatic heterocycles. The summed E-state index contributed by atoms with van der Waals surface area (Å²) in [6.07, 6.45) is 2.91. The van der Waals surface area contributed by atoms with Crippen LogP contribution in [-0.4, -0.2) is 78.6 Å². The molecule has 0 bridgehead atoms. The number of morpholine rings is 1. The molecular formula is C18H26N2O3. The number of β-amino-alcohol motifs (C(OH)–C–C–N with tert-alkyl or cyclic N) is 1. The van der Waals surface area contributed by atoms with Crippen molar-refractivity contribution in [1.29, 1.82) is 0 Å². The summed E-state index contributed by atoms with van der Waals surface area (Å²) >= 11 is 0. The molecule has 126 valence electrons. The first-order chi connectivity index (χ1) is 11.2. The van der Waals surface area contributed by atoms with E-state index in [0.29, 0.717) is 5.75 Å². The van der Waals surface area contributed by atoms with Crippen LogP contribution in [0.1, 0.15) is 12.0 Å². The average molecular weight is 318 g/mol. The van der Waals surface area contributed by atoms with Gasteiger partial charge in [0.25, 0.3) is 0 Å². The molecule has 0 unspecified atom stereocenters. The highest BCUT2D eigenvalue weighted by Crippen LogP contribution is 2.24. The van der Waals surface area contributed by atoms with Gasteiger partial charge in [0.15, 0.2) is 0 Å². The first kappa shape index (κ1) is 16.5. The van der Waals surface area contributed by atoms with Crippen LogP contribution in [0, 0.1) is 0 Å². The molecule has 2 aliphatic rings. The Morgan fingerprint density at radius 2 is 1.70 bits per heavy atom. The molecule has 0 radical (unpaired) electrons. The number of ether oxygens (including phenoxy) is 1. The maximum Gasteiger partial charge on any atom is 0.115 e. The van der Waals surface area contributed by atoms with Crippen molar-refractivity contribution in [2.75, 3.05) is 52.5 Å². The van der Waals surface area contributed by atoms with Gasteiger partial charge in [0.2, 0.25) is 0 Å². The SMILES string of the molecule is Oc1ccc(C2=CCN(C[C@H](O)CN3CCOCC3)CC2)cc1. The molecule has 2 N–H and O–H groups in total. The molecular weight excluding hydrogens is 292 g/mol. The molecule has 1 atom stereocenters. The molecule has 1 aromatic carbocycles. The van der Waals surface area contributed by atoms with Crippen molar-refractivity contribution in [2.24, 2.45) is 0 Å². The number of hydrogen-bond donors (Lipinski definition) is 2. The standard InChI is InChI=1S/C18H26N2O3/c21-17-3-1-15(2-4-17)16-5-7-19(8-6-16)13-18(22)14-20-9-11-23-12-10-20/h1-5,18,21-22H,6-14H2/t18-/m0/s1. The third-order valence-corrected chi connectivity index (χ3v) is 4.57. The summed E-state index contributed by atoms with van der Waals surface area (Å²) in [7, 11) is 0. The van der Waals surface area contributed by atoms with Gasteiger partial charge in [-0.3, -0.25) is 9.80 Å². The molecule has 5 nitrogen and oxygen atoms in total. The van der Waals surface area contributed by atoms with Gasteiger partial charge >= 0.3 is 0 Å². The maximum atomic E-state index is 10.3. The first-order valence-corrected chi connectivity index (χ1v) is 8.39. The van der Waals surface area contributed by atoms with Gasteiger partial charge in [0, 0.05) is 39.3 Å². The number of benzene rings is 1. The van der Waals surface area contributed by atoms with E-state index in [-0.39, 0.29) is 6.10 Å². The Morgan fingerprint density at radius 1 is 1.00 bits per heavy atom. The summed E-state index contributed by atoms with van der Waals surface area (Å²) in [5.41, 5.74) is 2.50. The van der Waals surface area contributed by atoms with E-state index >= 15 is 0 Å². The van der Waals surface area contributed by atoms with Gasteiger partial charge in [0.1, 0.15) is 5.75 Å². The Kier molecular flexibility index (Phi) is 5.67. The van der Waals surface area contributed by atoms with Gasteiger partial charge in [-0.2, -0.15) is 0 Å². The minimum absolute atomic E-state index is 0.304. The summed E-state index contributed by atoms with van der Waals surface area (Å²) < 4.78 is 5.34. The quantitative estimate of drug-likeness (QED) is 0.854. The minimum Gasteiger partial charge on any atom is -0.508 e. The second-order valence-corrected chi connectivity index (χ2v) is 6.35. The van der Waals surface area contributed by atoms with E-state index < -0.39 is 0 Å². The molecule has 5 heteroatoms. The lowest BCUT2D eigenvalue weighted by Gasteiger charge is -2.32. The number of aliphatic hydroxyl groups is 1. The Balaban J connectivity index is 1.47. The van der Waals surface area contributed by atoms with E-state index in [2.05, 4.69) is 15.9 Å². The number of phenolic OH excluding ortho intramolecular Hbond substituents is 1. The van der Waals surface area contributed by atoms with E-state index in [1.54, 1.807) is 12.1 Å². The normalized spacial score (nSPS) is 21.9. The number of nitrogens with zero attached hydrogens (tertiary/aromatic N) is 2. The Morgan fingerprint density at radius 3 is 2.35 bits per heavy atom. The molecule has 0 spiro atoms. The van der Waals surface area contributed by atoms with Crippen molar-refractivity contribution in [3.63, 3.8) is 0 Å². The van der Waals surface area contributed by atoms with Crippen LogP contribution in [-0.2, 0) is 4.74 Å².